The van der Waals surface area contributed by atoms with E-state index in [0.717, 1.165) is 22.1 Å². The summed E-state index contributed by atoms with van der Waals surface area (Å²) in [6.45, 7) is 1.90. The van der Waals surface area contributed by atoms with Crippen LogP contribution in [0.5, 0.6) is 5.75 Å². The van der Waals surface area contributed by atoms with Crippen molar-refractivity contribution in [1.82, 2.24) is 4.98 Å². The minimum atomic E-state index is 0.331. The molecule has 1 aromatic heterocycles. The van der Waals surface area contributed by atoms with Crippen molar-refractivity contribution in [2.75, 3.05) is 0 Å². The molecule has 0 saturated carbocycles. The Labute approximate surface area is 106 Å². The Kier molecular flexibility index (Phi) is 2.49. The molecular formula is C16H13NO. The Morgan fingerprint density at radius 3 is 2.78 bits per heavy atom. The third-order valence-corrected chi connectivity index (χ3v) is 3.19. The molecule has 0 fully saturated rings. The molecule has 0 saturated heterocycles. The summed E-state index contributed by atoms with van der Waals surface area (Å²) in [5.41, 5.74) is 3.13. The Morgan fingerprint density at radius 1 is 1.06 bits per heavy atom. The molecule has 0 amide bonds. The molecule has 0 spiro atoms. The highest BCUT2D eigenvalue weighted by Crippen LogP contribution is 2.30. The molecular weight excluding hydrogens is 222 g/mol. The van der Waals surface area contributed by atoms with Crippen molar-refractivity contribution in [3.05, 3.63) is 60.4 Å². The average Bonchev–Trinajstić information content (AvgIpc) is 2.41. The summed E-state index contributed by atoms with van der Waals surface area (Å²) >= 11 is 0. The summed E-state index contributed by atoms with van der Waals surface area (Å²) < 4.78 is 0. The summed E-state index contributed by atoms with van der Waals surface area (Å²) in [5, 5.41) is 11.9. The number of hydrogen-bond donors (Lipinski definition) is 1. The van der Waals surface area contributed by atoms with Crippen LogP contribution in [0.25, 0.3) is 21.9 Å². The highest BCUT2D eigenvalue weighted by Gasteiger charge is 2.05. The molecule has 1 heterocycles. The van der Waals surface area contributed by atoms with E-state index in [9.17, 15) is 5.11 Å². The standard InChI is InChI=1S/C16H13NO/c1-11-9-13(5-6-16(11)18)14-4-2-3-12-7-8-17-10-15(12)14/h2-10,18H,1H3. The maximum atomic E-state index is 9.59. The van der Waals surface area contributed by atoms with E-state index in [2.05, 4.69) is 17.1 Å². The number of benzene rings is 2. The van der Waals surface area contributed by atoms with E-state index in [4.69, 9.17) is 0 Å². The van der Waals surface area contributed by atoms with Crippen LogP contribution in [0.2, 0.25) is 0 Å². The minimum Gasteiger partial charge on any atom is -0.508 e. The number of fused-ring (bicyclic) bond motifs is 1. The first-order valence-corrected chi connectivity index (χ1v) is 5.88. The maximum absolute atomic E-state index is 9.59. The second-order valence-corrected chi connectivity index (χ2v) is 4.40. The van der Waals surface area contributed by atoms with Crippen molar-refractivity contribution in [2.24, 2.45) is 0 Å². The second-order valence-electron chi connectivity index (χ2n) is 4.40. The van der Waals surface area contributed by atoms with E-state index in [1.54, 1.807) is 12.3 Å². The monoisotopic (exact) mass is 235 g/mol. The van der Waals surface area contributed by atoms with Gasteiger partial charge in [-0.15, -0.1) is 0 Å². The van der Waals surface area contributed by atoms with Gasteiger partial charge in [-0.2, -0.15) is 0 Å². The molecule has 0 radical (unpaired) electrons. The normalized spacial score (nSPS) is 10.7. The van der Waals surface area contributed by atoms with Crippen molar-refractivity contribution in [3.63, 3.8) is 0 Å². The zero-order valence-corrected chi connectivity index (χ0v) is 10.1. The predicted molar refractivity (Wildman–Crippen MR) is 73.6 cm³/mol. The number of aryl methyl sites for hydroxylation is 1. The zero-order valence-electron chi connectivity index (χ0n) is 10.1. The Balaban J connectivity index is 2.28. The molecule has 0 aliphatic carbocycles. The molecule has 2 heteroatoms. The highest BCUT2D eigenvalue weighted by molar-refractivity contribution is 5.96. The first kappa shape index (κ1) is 10.8. The highest BCUT2D eigenvalue weighted by atomic mass is 16.3. The lowest BCUT2D eigenvalue weighted by Gasteiger charge is -2.08. The lowest BCUT2D eigenvalue weighted by Crippen LogP contribution is -1.84. The van der Waals surface area contributed by atoms with E-state index >= 15 is 0 Å². The van der Waals surface area contributed by atoms with Crippen molar-refractivity contribution >= 4 is 10.8 Å². The number of aromatic hydroxyl groups is 1. The Morgan fingerprint density at radius 2 is 1.94 bits per heavy atom. The second kappa shape index (κ2) is 4.15. The SMILES string of the molecule is Cc1cc(-c2cccc3ccncc23)ccc1O. The number of aromatic nitrogens is 1. The van der Waals surface area contributed by atoms with Crippen LogP contribution in [0.4, 0.5) is 0 Å². The van der Waals surface area contributed by atoms with Crippen molar-refractivity contribution < 1.29 is 5.11 Å². The van der Waals surface area contributed by atoms with Gasteiger partial charge in [0.15, 0.2) is 0 Å². The van der Waals surface area contributed by atoms with Crippen LogP contribution in [0, 0.1) is 6.92 Å². The van der Waals surface area contributed by atoms with Gasteiger partial charge in [-0.25, -0.2) is 0 Å². The van der Waals surface area contributed by atoms with Gasteiger partial charge in [-0.05, 0) is 47.2 Å². The van der Waals surface area contributed by atoms with Crippen LogP contribution in [-0.2, 0) is 0 Å². The molecule has 0 bridgehead atoms. The van der Waals surface area contributed by atoms with Gasteiger partial charge >= 0.3 is 0 Å². The first-order valence-electron chi connectivity index (χ1n) is 5.88. The largest absolute Gasteiger partial charge is 0.508 e. The molecule has 0 aliphatic heterocycles. The van der Waals surface area contributed by atoms with Crippen molar-refractivity contribution in [3.8, 4) is 16.9 Å². The van der Waals surface area contributed by atoms with Crippen LogP contribution in [0.3, 0.4) is 0 Å². The number of phenolic OH excluding ortho intramolecular Hbond substituents is 1. The molecule has 0 unspecified atom stereocenters. The quantitative estimate of drug-likeness (QED) is 0.693. The lowest BCUT2D eigenvalue weighted by molar-refractivity contribution is 0.471. The van der Waals surface area contributed by atoms with Crippen LogP contribution in [0.1, 0.15) is 5.56 Å². The van der Waals surface area contributed by atoms with Gasteiger partial charge in [0.05, 0.1) is 0 Å². The minimum absolute atomic E-state index is 0.331. The molecule has 3 aromatic rings. The number of rotatable bonds is 1. The Bertz CT molecular complexity index is 714. The van der Waals surface area contributed by atoms with E-state index in [0.29, 0.717) is 5.75 Å². The molecule has 2 nitrogen and oxygen atoms in total. The number of hydrogen-bond acceptors (Lipinski definition) is 2. The fourth-order valence-corrected chi connectivity index (χ4v) is 2.19. The lowest BCUT2D eigenvalue weighted by atomic mass is 9.98. The third-order valence-electron chi connectivity index (χ3n) is 3.19. The predicted octanol–water partition coefficient (Wildman–Crippen LogP) is 3.92. The molecule has 88 valence electrons. The number of pyridine rings is 1. The van der Waals surface area contributed by atoms with E-state index in [1.165, 1.54) is 5.39 Å². The average molecular weight is 235 g/mol. The molecule has 2 aromatic carbocycles. The van der Waals surface area contributed by atoms with Gasteiger partial charge in [0, 0.05) is 17.8 Å². The van der Waals surface area contributed by atoms with Crippen LogP contribution >= 0.6 is 0 Å². The van der Waals surface area contributed by atoms with Crippen LogP contribution in [-0.4, -0.2) is 10.1 Å². The number of phenols is 1. The van der Waals surface area contributed by atoms with E-state index in [-0.39, 0.29) is 0 Å². The summed E-state index contributed by atoms with van der Waals surface area (Å²) in [4.78, 5) is 4.19. The molecule has 18 heavy (non-hydrogen) atoms. The summed E-state index contributed by atoms with van der Waals surface area (Å²) in [5.74, 6) is 0.331. The molecule has 0 aliphatic rings. The molecule has 3 rings (SSSR count). The summed E-state index contributed by atoms with van der Waals surface area (Å²) in [7, 11) is 0. The van der Waals surface area contributed by atoms with Gasteiger partial charge in [0.2, 0.25) is 0 Å². The molecule has 0 atom stereocenters. The number of nitrogens with zero attached hydrogens (tertiary/aromatic N) is 1. The molecule has 1 N–H and O–H groups in total. The van der Waals surface area contributed by atoms with Gasteiger partial charge < -0.3 is 5.11 Å². The van der Waals surface area contributed by atoms with Crippen molar-refractivity contribution in [1.29, 1.82) is 0 Å². The Hall–Kier alpha value is -2.35. The smallest absolute Gasteiger partial charge is 0.118 e. The van der Waals surface area contributed by atoms with Gasteiger partial charge in [0.1, 0.15) is 5.75 Å². The maximum Gasteiger partial charge on any atom is 0.118 e. The summed E-state index contributed by atoms with van der Waals surface area (Å²) in [6.07, 6.45) is 3.68. The fourth-order valence-electron chi connectivity index (χ4n) is 2.19. The third kappa shape index (κ3) is 1.72. The first-order chi connectivity index (χ1) is 8.75. The fraction of sp³-hybridized carbons (Fsp3) is 0.0625. The van der Waals surface area contributed by atoms with Crippen molar-refractivity contribution in [2.45, 2.75) is 6.92 Å². The van der Waals surface area contributed by atoms with E-state index in [1.807, 2.05) is 37.4 Å². The topological polar surface area (TPSA) is 33.1 Å². The van der Waals surface area contributed by atoms with E-state index < -0.39 is 0 Å². The summed E-state index contributed by atoms with van der Waals surface area (Å²) in [6, 6.07) is 13.9. The van der Waals surface area contributed by atoms with Gasteiger partial charge in [0.25, 0.3) is 0 Å². The van der Waals surface area contributed by atoms with Gasteiger partial charge in [-0.1, -0.05) is 24.3 Å². The van der Waals surface area contributed by atoms with Crippen LogP contribution in [0.15, 0.2) is 54.9 Å². The van der Waals surface area contributed by atoms with Crippen LogP contribution < -0.4 is 0 Å². The zero-order chi connectivity index (χ0) is 12.5. The van der Waals surface area contributed by atoms with Gasteiger partial charge in [-0.3, -0.25) is 4.98 Å².